The molecule has 1 fully saturated rings. The number of nitrogens with zero attached hydrogens (tertiary/aromatic N) is 5. The number of nitriles is 1. The van der Waals surface area contributed by atoms with Crippen molar-refractivity contribution in [1.82, 2.24) is 24.7 Å². The van der Waals surface area contributed by atoms with Gasteiger partial charge in [-0.3, -0.25) is 4.40 Å². The van der Waals surface area contributed by atoms with Crippen LogP contribution in [0.2, 0.25) is 0 Å². The lowest BCUT2D eigenvalue weighted by atomic mass is 10.1. The second-order valence-electron chi connectivity index (χ2n) is 5.85. The highest BCUT2D eigenvalue weighted by atomic mass is 15.1. The Balaban J connectivity index is 1.67. The quantitative estimate of drug-likeness (QED) is 0.765. The molecule has 4 rings (SSSR count). The lowest BCUT2D eigenvalue weighted by molar-refractivity contribution is 0.479. The molecule has 3 aromatic heterocycles. The van der Waals surface area contributed by atoms with Gasteiger partial charge >= 0.3 is 0 Å². The van der Waals surface area contributed by atoms with E-state index >= 15 is 0 Å². The largest absolute Gasteiger partial charge is 0.366 e. The number of anilines is 1. The van der Waals surface area contributed by atoms with Crippen LogP contribution in [-0.4, -0.2) is 38.5 Å². The predicted molar refractivity (Wildman–Crippen MR) is 90.4 cm³/mol. The molecule has 0 spiro atoms. The second-order valence-corrected chi connectivity index (χ2v) is 5.85. The Hall–Kier alpha value is -2.98. The van der Waals surface area contributed by atoms with Crippen LogP contribution in [-0.2, 0) is 0 Å². The number of fused-ring (bicyclic) bond motifs is 1. The number of hydrogen-bond donors (Lipinski definition) is 2. The molecule has 7 heteroatoms. The lowest BCUT2D eigenvalue weighted by Gasteiger charge is -2.24. The smallest absolute Gasteiger partial charge is 0.180 e. The second kappa shape index (κ2) is 6.26. The van der Waals surface area contributed by atoms with Crippen molar-refractivity contribution in [1.29, 1.82) is 5.26 Å². The van der Waals surface area contributed by atoms with Gasteiger partial charge in [0.25, 0.3) is 0 Å². The minimum atomic E-state index is 0.383. The van der Waals surface area contributed by atoms with Gasteiger partial charge in [0.2, 0.25) is 0 Å². The molecule has 4 heterocycles. The van der Waals surface area contributed by atoms with Gasteiger partial charge in [0.05, 0.1) is 11.8 Å². The van der Waals surface area contributed by atoms with Crippen LogP contribution in [0.1, 0.15) is 18.4 Å². The summed E-state index contributed by atoms with van der Waals surface area (Å²) in [4.78, 5) is 13.4. The Morgan fingerprint density at radius 3 is 3.08 bits per heavy atom. The van der Waals surface area contributed by atoms with Gasteiger partial charge in [-0.1, -0.05) is 0 Å². The monoisotopic (exact) mass is 319 g/mol. The van der Waals surface area contributed by atoms with E-state index in [-0.39, 0.29) is 0 Å². The Morgan fingerprint density at radius 2 is 2.25 bits per heavy atom. The number of piperidine rings is 1. The third-order valence-corrected chi connectivity index (χ3v) is 4.17. The van der Waals surface area contributed by atoms with Crippen LogP contribution in [0.4, 0.5) is 5.82 Å². The Bertz CT molecular complexity index is 903. The van der Waals surface area contributed by atoms with E-state index in [1.165, 1.54) is 6.42 Å². The van der Waals surface area contributed by atoms with Crippen LogP contribution >= 0.6 is 0 Å². The molecular formula is C17H17N7. The fourth-order valence-electron chi connectivity index (χ4n) is 2.96. The first-order chi connectivity index (χ1) is 11.8. The zero-order valence-electron chi connectivity index (χ0n) is 13.1. The van der Waals surface area contributed by atoms with E-state index < -0.39 is 0 Å². The number of imidazole rings is 1. The summed E-state index contributed by atoms with van der Waals surface area (Å²) in [6.45, 7) is 2.02. The fourth-order valence-corrected chi connectivity index (χ4v) is 2.96. The maximum absolute atomic E-state index is 9.09. The first-order valence-corrected chi connectivity index (χ1v) is 8.01. The van der Waals surface area contributed by atoms with E-state index in [1.807, 2.05) is 16.5 Å². The SMILES string of the molecule is N#Cc1ccc2ncc(-c3nccc(NC4CCCNC4)n3)n2c1. The van der Waals surface area contributed by atoms with Gasteiger partial charge in [-0.2, -0.15) is 5.26 Å². The predicted octanol–water partition coefficient (Wildman–Crippen LogP) is 1.83. The van der Waals surface area contributed by atoms with Gasteiger partial charge in [-0.25, -0.2) is 15.0 Å². The van der Waals surface area contributed by atoms with E-state index in [2.05, 4.69) is 31.7 Å². The van der Waals surface area contributed by atoms with Crippen LogP contribution in [0.3, 0.4) is 0 Å². The molecule has 7 nitrogen and oxygen atoms in total. The highest BCUT2D eigenvalue weighted by Crippen LogP contribution is 2.19. The molecular weight excluding hydrogens is 302 g/mol. The van der Waals surface area contributed by atoms with E-state index in [9.17, 15) is 0 Å². The molecule has 1 saturated heterocycles. The Labute approximate surface area is 139 Å². The van der Waals surface area contributed by atoms with Crippen molar-refractivity contribution in [2.24, 2.45) is 0 Å². The number of pyridine rings is 1. The van der Waals surface area contributed by atoms with Gasteiger partial charge in [0.15, 0.2) is 5.82 Å². The third-order valence-electron chi connectivity index (χ3n) is 4.17. The topological polar surface area (TPSA) is 90.9 Å². The number of rotatable bonds is 3. The summed E-state index contributed by atoms with van der Waals surface area (Å²) in [7, 11) is 0. The van der Waals surface area contributed by atoms with Gasteiger partial charge in [0.1, 0.15) is 23.2 Å². The molecule has 0 bridgehead atoms. The minimum Gasteiger partial charge on any atom is -0.366 e. The van der Waals surface area contributed by atoms with Gasteiger partial charge in [0, 0.05) is 25.0 Å². The van der Waals surface area contributed by atoms with E-state index in [0.29, 0.717) is 17.4 Å². The molecule has 0 aliphatic carbocycles. The van der Waals surface area contributed by atoms with Crippen molar-refractivity contribution >= 4 is 11.5 Å². The average molecular weight is 319 g/mol. The molecule has 1 aliphatic rings. The van der Waals surface area contributed by atoms with Crippen LogP contribution in [0.15, 0.2) is 36.8 Å². The lowest BCUT2D eigenvalue weighted by Crippen LogP contribution is -2.38. The van der Waals surface area contributed by atoms with Crippen LogP contribution in [0.5, 0.6) is 0 Å². The minimum absolute atomic E-state index is 0.383. The van der Waals surface area contributed by atoms with Crippen LogP contribution in [0.25, 0.3) is 17.2 Å². The zero-order valence-corrected chi connectivity index (χ0v) is 13.1. The van der Waals surface area contributed by atoms with Crippen molar-refractivity contribution < 1.29 is 0 Å². The summed E-state index contributed by atoms with van der Waals surface area (Å²) in [5.74, 6) is 1.39. The summed E-state index contributed by atoms with van der Waals surface area (Å²) in [5, 5.41) is 15.9. The van der Waals surface area contributed by atoms with Crippen molar-refractivity contribution in [3.8, 4) is 17.6 Å². The van der Waals surface area contributed by atoms with Gasteiger partial charge < -0.3 is 10.6 Å². The molecule has 1 aliphatic heterocycles. The maximum atomic E-state index is 9.09. The van der Waals surface area contributed by atoms with E-state index in [4.69, 9.17) is 5.26 Å². The normalized spacial score (nSPS) is 17.5. The zero-order chi connectivity index (χ0) is 16.4. The third kappa shape index (κ3) is 2.79. The summed E-state index contributed by atoms with van der Waals surface area (Å²) < 4.78 is 1.85. The number of hydrogen-bond acceptors (Lipinski definition) is 6. The van der Waals surface area contributed by atoms with Crippen molar-refractivity contribution in [3.05, 3.63) is 42.4 Å². The highest BCUT2D eigenvalue weighted by molar-refractivity contribution is 5.59. The number of aromatic nitrogens is 4. The Morgan fingerprint density at radius 1 is 1.29 bits per heavy atom. The maximum Gasteiger partial charge on any atom is 0.180 e. The van der Waals surface area contributed by atoms with Crippen molar-refractivity contribution in [3.63, 3.8) is 0 Å². The molecule has 0 aromatic carbocycles. The highest BCUT2D eigenvalue weighted by Gasteiger charge is 2.14. The van der Waals surface area contributed by atoms with E-state index in [1.54, 1.807) is 24.7 Å². The number of nitrogens with one attached hydrogen (secondary N) is 2. The molecule has 1 unspecified atom stereocenters. The fraction of sp³-hybridized carbons (Fsp3) is 0.294. The summed E-state index contributed by atoms with van der Waals surface area (Å²) in [6.07, 6.45) is 7.53. The van der Waals surface area contributed by atoms with Crippen LogP contribution in [0, 0.1) is 11.3 Å². The first kappa shape index (κ1) is 14.6. The molecule has 3 aromatic rings. The molecule has 24 heavy (non-hydrogen) atoms. The first-order valence-electron chi connectivity index (χ1n) is 8.01. The van der Waals surface area contributed by atoms with Gasteiger partial charge in [-0.05, 0) is 37.6 Å². The van der Waals surface area contributed by atoms with Crippen LogP contribution < -0.4 is 10.6 Å². The van der Waals surface area contributed by atoms with E-state index in [0.717, 1.165) is 36.7 Å². The molecule has 0 amide bonds. The molecule has 120 valence electrons. The average Bonchev–Trinajstić information content (AvgIpc) is 3.06. The molecule has 1 atom stereocenters. The summed E-state index contributed by atoms with van der Waals surface area (Å²) in [6, 6.07) is 7.97. The van der Waals surface area contributed by atoms with Crippen molar-refractivity contribution in [2.75, 3.05) is 18.4 Å². The van der Waals surface area contributed by atoms with Gasteiger partial charge in [-0.15, -0.1) is 0 Å². The molecule has 2 N–H and O–H groups in total. The molecule has 0 radical (unpaired) electrons. The standard InChI is InChI=1S/C17H17N7/c18-8-12-3-4-16-21-10-14(24(16)11-12)17-20-7-5-15(23-17)22-13-2-1-6-19-9-13/h3-5,7,10-11,13,19H,1-2,6,9H2,(H,20,22,23). The molecule has 0 saturated carbocycles. The Kier molecular flexibility index (Phi) is 3.81. The summed E-state index contributed by atoms with van der Waals surface area (Å²) in [5.41, 5.74) is 2.11. The summed E-state index contributed by atoms with van der Waals surface area (Å²) >= 11 is 0. The van der Waals surface area contributed by atoms with Crippen molar-refractivity contribution in [2.45, 2.75) is 18.9 Å².